The molecule has 5 nitrogen and oxygen atoms in total. The fourth-order valence-electron chi connectivity index (χ4n) is 0.981. The zero-order chi connectivity index (χ0) is 9.94. The van der Waals surface area contributed by atoms with Crippen molar-refractivity contribution in [3.8, 4) is 0 Å². The topological polar surface area (TPSA) is 78.4 Å². The second kappa shape index (κ2) is 8.99. The van der Waals surface area contributed by atoms with E-state index in [1.165, 1.54) is 0 Å². The molecule has 0 aliphatic heterocycles. The normalized spacial score (nSPS) is 9.31. The Balaban J connectivity index is 2.99. The van der Waals surface area contributed by atoms with Crippen LogP contribution in [0.3, 0.4) is 0 Å². The Kier molecular flexibility index (Phi) is 8.23. The monoisotopic (exact) mass is 188 g/mol. The second-order valence-corrected chi connectivity index (χ2v) is 2.77. The minimum atomic E-state index is -0.342. The number of hydrogen-bond donors (Lipinski definition) is 3. The summed E-state index contributed by atoms with van der Waals surface area (Å²) in [4.78, 5) is 20.4. The summed E-state index contributed by atoms with van der Waals surface area (Å²) in [5.41, 5.74) is 1.58. The van der Waals surface area contributed by atoms with Gasteiger partial charge < -0.3 is 5.32 Å². The first-order valence-corrected chi connectivity index (χ1v) is 4.41. The van der Waals surface area contributed by atoms with Gasteiger partial charge in [-0.2, -0.15) is 0 Å². The van der Waals surface area contributed by atoms with Crippen molar-refractivity contribution in [2.75, 3.05) is 6.54 Å². The molecule has 0 aromatic carbocycles. The van der Waals surface area contributed by atoms with Crippen molar-refractivity contribution in [2.45, 2.75) is 32.1 Å². The van der Waals surface area contributed by atoms with Crippen molar-refractivity contribution < 1.29 is 14.8 Å². The van der Waals surface area contributed by atoms with Crippen LogP contribution in [0, 0.1) is 0 Å². The molecule has 0 aliphatic carbocycles. The largest absolute Gasteiger partial charge is 0.359 e. The highest BCUT2D eigenvalue weighted by molar-refractivity contribution is 5.74. The van der Waals surface area contributed by atoms with E-state index in [-0.39, 0.29) is 5.91 Å². The summed E-state index contributed by atoms with van der Waals surface area (Å²) in [5.74, 6) is -0.342. The molecule has 76 valence electrons. The summed E-state index contributed by atoms with van der Waals surface area (Å²) in [6.07, 6.45) is 4.66. The molecule has 0 unspecified atom stereocenters. The van der Waals surface area contributed by atoms with Crippen LogP contribution in [0.4, 0.5) is 0 Å². The molecule has 0 saturated heterocycles. The van der Waals surface area contributed by atoms with Gasteiger partial charge in [-0.05, 0) is 12.8 Å². The molecular formula is C8H16N2O3. The summed E-state index contributed by atoms with van der Waals surface area (Å²) in [5, 5.41) is 10.7. The number of nitrogens with one attached hydrogen (secondary N) is 2. The third kappa shape index (κ3) is 8.81. The Morgan fingerprint density at radius 1 is 1.23 bits per heavy atom. The molecule has 0 radical (unpaired) electrons. The van der Waals surface area contributed by atoms with Crippen LogP contribution in [0.2, 0.25) is 0 Å². The molecule has 13 heavy (non-hydrogen) atoms. The zero-order valence-corrected chi connectivity index (χ0v) is 7.58. The molecule has 0 atom stereocenters. The number of carbonyl (C=O) groups is 2. The maximum atomic E-state index is 10.5. The lowest BCUT2D eigenvalue weighted by Crippen LogP contribution is -2.17. The summed E-state index contributed by atoms with van der Waals surface area (Å²) in [6, 6.07) is 0. The second-order valence-electron chi connectivity index (χ2n) is 2.77. The molecule has 0 spiro atoms. The highest BCUT2D eigenvalue weighted by atomic mass is 16.5. The predicted molar refractivity (Wildman–Crippen MR) is 47.1 cm³/mol. The van der Waals surface area contributed by atoms with Crippen LogP contribution in [0.1, 0.15) is 32.1 Å². The van der Waals surface area contributed by atoms with Gasteiger partial charge in [0, 0.05) is 13.0 Å². The number of rotatable bonds is 8. The van der Waals surface area contributed by atoms with E-state index in [0.29, 0.717) is 19.4 Å². The third-order valence-corrected chi connectivity index (χ3v) is 1.68. The van der Waals surface area contributed by atoms with Crippen LogP contribution in [-0.4, -0.2) is 24.1 Å². The predicted octanol–water partition coefficient (Wildman–Crippen LogP) is 0.188. The van der Waals surface area contributed by atoms with Gasteiger partial charge in [0.15, 0.2) is 0 Å². The Morgan fingerprint density at radius 2 is 1.92 bits per heavy atom. The van der Waals surface area contributed by atoms with E-state index in [2.05, 4.69) is 5.32 Å². The van der Waals surface area contributed by atoms with Crippen LogP contribution in [0.15, 0.2) is 0 Å². The smallest absolute Gasteiger partial charge is 0.243 e. The van der Waals surface area contributed by atoms with E-state index in [4.69, 9.17) is 5.21 Å². The summed E-state index contributed by atoms with van der Waals surface area (Å²) in [7, 11) is 0. The number of hydrogen-bond acceptors (Lipinski definition) is 3. The zero-order valence-electron chi connectivity index (χ0n) is 7.58. The van der Waals surface area contributed by atoms with Crippen LogP contribution < -0.4 is 10.8 Å². The van der Waals surface area contributed by atoms with E-state index in [0.717, 1.165) is 25.7 Å². The standard InChI is InChI=1S/C8H16N2O3/c11-7-9-6-4-2-1-3-5-8(12)10-13/h7,13H,1-6H2,(H,9,11)(H,10,12). The van der Waals surface area contributed by atoms with Crippen LogP contribution in [0.25, 0.3) is 0 Å². The molecule has 3 N–H and O–H groups in total. The fourth-order valence-corrected chi connectivity index (χ4v) is 0.981. The molecule has 0 aromatic heterocycles. The van der Waals surface area contributed by atoms with Crippen LogP contribution in [-0.2, 0) is 9.59 Å². The van der Waals surface area contributed by atoms with E-state index in [9.17, 15) is 9.59 Å². The maximum Gasteiger partial charge on any atom is 0.243 e. The fraction of sp³-hybridized carbons (Fsp3) is 0.750. The van der Waals surface area contributed by atoms with Gasteiger partial charge in [0.2, 0.25) is 12.3 Å². The lowest BCUT2D eigenvalue weighted by molar-refractivity contribution is -0.129. The van der Waals surface area contributed by atoms with E-state index in [1.807, 2.05) is 0 Å². The summed E-state index contributed by atoms with van der Waals surface area (Å²) >= 11 is 0. The van der Waals surface area contributed by atoms with Gasteiger partial charge in [-0.25, -0.2) is 5.48 Å². The van der Waals surface area contributed by atoms with Gasteiger partial charge in [-0.15, -0.1) is 0 Å². The lowest BCUT2D eigenvalue weighted by atomic mass is 10.1. The van der Waals surface area contributed by atoms with Gasteiger partial charge in [-0.3, -0.25) is 14.8 Å². The van der Waals surface area contributed by atoms with Gasteiger partial charge in [0.05, 0.1) is 0 Å². The van der Waals surface area contributed by atoms with Crippen molar-refractivity contribution in [2.24, 2.45) is 0 Å². The number of unbranched alkanes of at least 4 members (excludes halogenated alkanes) is 3. The first-order valence-electron chi connectivity index (χ1n) is 4.41. The third-order valence-electron chi connectivity index (χ3n) is 1.68. The molecule has 0 saturated carbocycles. The average Bonchev–Trinajstić information content (AvgIpc) is 2.16. The molecule has 5 heteroatoms. The Bertz CT molecular complexity index is 150. The van der Waals surface area contributed by atoms with E-state index in [1.54, 1.807) is 5.48 Å². The van der Waals surface area contributed by atoms with Crippen molar-refractivity contribution in [1.82, 2.24) is 10.8 Å². The summed E-state index contributed by atoms with van der Waals surface area (Å²) in [6.45, 7) is 0.690. The first kappa shape index (κ1) is 11.9. The highest BCUT2D eigenvalue weighted by Gasteiger charge is 1.97. The van der Waals surface area contributed by atoms with E-state index < -0.39 is 0 Å². The van der Waals surface area contributed by atoms with Gasteiger partial charge in [0.25, 0.3) is 0 Å². The minimum Gasteiger partial charge on any atom is -0.359 e. The highest BCUT2D eigenvalue weighted by Crippen LogP contribution is 2.01. The summed E-state index contributed by atoms with van der Waals surface area (Å²) < 4.78 is 0. The van der Waals surface area contributed by atoms with Gasteiger partial charge >= 0.3 is 0 Å². The van der Waals surface area contributed by atoms with Crippen molar-refractivity contribution in [1.29, 1.82) is 0 Å². The number of hydroxylamine groups is 1. The lowest BCUT2D eigenvalue weighted by Gasteiger charge is -2.00. The first-order chi connectivity index (χ1) is 6.31. The van der Waals surface area contributed by atoms with Gasteiger partial charge in [0.1, 0.15) is 0 Å². The Morgan fingerprint density at radius 3 is 2.54 bits per heavy atom. The molecule has 0 heterocycles. The van der Waals surface area contributed by atoms with Crippen molar-refractivity contribution >= 4 is 12.3 Å². The Hall–Kier alpha value is -1.10. The molecule has 0 fully saturated rings. The van der Waals surface area contributed by atoms with Crippen molar-refractivity contribution in [3.05, 3.63) is 0 Å². The van der Waals surface area contributed by atoms with Crippen LogP contribution >= 0.6 is 0 Å². The molecular weight excluding hydrogens is 172 g/mol. The molecule has 0 bridgehead atoms. The van der Waals surface area contributed by atoms with Gasteiger partial charge in [-0.1, -0.05) is 12.8 Å². The number of carbonyl (C=O) groups excluding carboxylic acids is 2. The average molecular weight is 188 g/mol. The SMILES string of the molecule is O=CNCCCCCCC(=O)NO. The molecule has 2 amide bonds. The molecule has 0 aromatic rings. The van der Waals surface area contributed by atoms with E-state index >= 15 is 0 Å². The van der Waals surface area contributed by atoms with Crippen LogP contribution in [0.5, 0.6) is 0 Å². The maximum absolute atomic E-state index is 10.5. The molecule has 0 rings (SSSR count). The Labute approximate surface area is 77.5 Å². The minimum absolute atomic E-state index is 0.342. The number of amides is 2. The molecule has 0 aliphatic rings. The quantitative estimate of drug-likeness (QED) is 0.220. The van der Waals surface area contributed by atoms with Crippen molar-refractivity contribution in [3.63, 3.8) is 0 Å².